The number of carbonyl (C=O) groups excluding carboxylic acids is 3. The Morgan fingerprint density at radius 1 is 0.657 bits per heavy atom. The van der Waals surface area contributed by atoms with Crippen molar-refractivity contribution >= 4 is 68.8 Å². The Bertz CT molecular complexity index is 4010. The molecule has 105 heavy (non-hydrogen) atoms. The van der Waals surface area contributed by atoms with Crippen LogP contribution < -0.4 is 8.92 Å². The summed E-state index contributed by atoms with van der Waals surface area (Å²) in [5.41, 5.74) is 3.39. The number of ether oxygens (including phenoxy) is 5. The van der Waals surface area contributed by atoms with Crippen molar-refractivity contribution in [3.8, 4) is 22.1 Å². The molecule has 1 saturated heterocycles. The van der Waals surface area contributed by atoms with E-state index >= 15 is 0 Å². The third kappa shape index (κ3) is 24.4. The molecule has 1 aromatic heterocycles. The van der Waals surface area contributed by atoms with Gasteiger partial charge in [0.1, 0.15) is 22.8 Å². The Labute approximate surface area is 619 Å². The summed E-state index contributed by atoms with van der Waals surface area (Å²) in [7, 11) is -14.2. The van der Waals surface area contributed by atoms with Gasteiger partial charge in [-0.2, -0.15) is 34.8 Å². The number of hydrogen-bond donors (Lipinski definition) is 2. The lowest BCUT2D eigenvalue weighted by molar-refractivity contribution is -0.247. The Balaban J connectivity index is 0.000000274. The summed E-state index contributed by atoms with van der Waals surface area (Å²) >= 11 is 0. The fourth-order valence-corrected chi connectivity index (χ4v) is 14.3. The lowest BCUT2D eigenvalue weighted by atomic mass is 9.82. The number of alkyl halides is 6. The molecule has 1 aliphatic heterocycles. The molecular weight excluding hydrogens is 1430 g/mol. The van der Waals surface area contributed by atoms with Crippen LogP contribution in [0, 0.1) is 11.3 Å². The Morgan fingerprint density at radius 3 is 1.58 bits per heavy atom. The second-order valence-electron chi connectivity index (χ2n) is 27.3. The summed E-state index contributed by atoms with van der Waals surface area (Å²) in [6.07, 6.45) is 10.3. The van der Waals surface area contributed by atoms with Gasteiger partial charge in [0.15, 0.2) is 30.7 Å². The van der Waals surface area contributed by atoms with Crippen LogP contribution in [-0.2, 0) is 65.4 Å². The van der Waals surface area contributed by atoms with Crippen LogP contribution in [0.5, 0.6) is 17.2 Å². The molecule has 2 fully saturated rings. The number of carbonyl (C=O) groups is 3. The molecule has 2 N–H and O–H groups in total. The normalized spacial score (nSPS) is 15.7. The van der Waals surface area contributed by atoms with E-state index in [-0.39, 0.29) is 46.8 Å². The van der Waals surface area contributed by atoms with Crippen LogP contribution in [0.2, 0.25) is 0 Å². The summed E-state index contributed by atoms with van der Waals surface area (Å²) in [4.78, 5) is 35.6. The number of rotatable bonds is 26. The van der Waals surface area contributed by atoms with Gasteiger partial charge in [-0.3, -0.25) is 9.59 Å². The second-order valence-corrected chi connectivity index (χ2v) is 32.2. The standard InChI is InChI=1S/C20H17OS.C14H16F6O6S2.C14H22O2.C12H22O2.C10H16O4.C10H14O/c21-14-13-15-9-11-16(12-10-15)22-19-7-3-1-5-17(19)18-6-2-4-8-20(18)22;1-4-11(2,3)9-5-7-10(8-6-9)26-28(24,25)14(19,20)12(15,16)13(17,18)27(21,22)23;1-5-11(3)13-7-9-14(10-8-13)16-12(4)15-6-2;1-4-10(3)11(13)14-12(5-2)8-6-7-9-12;1-4-10(2,3)9(12)14-7-5-6-13-8(7)11;1-3-8(2)9-4-6-10(11)7-5-9/h1-12,21H,13-14H2;5-8H,4H2,1-3H3,(H,21,22,23);7-12H,5-6H2,1-4H3;10H,4-9H2,1-3H3;7H,4-6H2,1-3H3;4-8,11H,3H2,1-2H3/q+1;;;;;/p-1. The van der Waals surface area contributed by atoms with E-state index in [9.17, 15) is 62.1 Å². The molecule has 5 atom stereocenters. The molecule has 6 aromatic carbocycles. The van der Waals surface area contributed by atoms with E-state index < -0.39 is 65.3 Å². The van der Waals surface area contributed by atoms with Gasteiger partial charge < -0.3 is 42.6 Å². The quantitative estimate of drug-likeness (QED) is 0.00974. The number of halogens is 6. The highest BCUT2D eigenvalue weighted by atomic mass is 32.2. The van der Waals surface area contributed by atoms with Crippen LogP contribution in [0.1, 0.15) is 209 Å². The Morgan fingerprint density at radius 2 is 1.15 bits per heavy atom. The minimum Gasteiger partial charge on any atom is -0.743 e. The molecule has 0 bridgehead atoms. The van der Waals surface area contributed by atoms with Crippen molar-refractivity contribution in [2.45, 2.75) is 233 Å². The van der Waals surface area contributed by atoms with Crippen LogP contribution in [-0.4, -0.2) is 104 Å². The molecule has 1 saturated carbocycles. The molecule has 0 radical (unpaired) electrons. The van der Waals surface area contributed by atoms with Gasteiger partial charge in [-0.25, -0.2) is 13.2 Å². The first-order valence-electron chi connectivity index (χ1n) is 35.7. The molecule has 7 aromatic rings. The molecule has 5 unspecified atom stereocenters. The molecule has 2 heterocycles. The van der Waals surface area contributed by atoms with E-state index in [2.05, 4.69) is 124 Å². The van der Waals surface area contributed by atoms with E-state index in [0.29, 0.717) is 55.6 Å². The van der Waals surface area contributed by atoms with E-state index in [1.54, 1.807) is 39.8 Å². The van der Waals surface area contributed by atoms with E-state index in [4.69, 9.17) is 33.9 Å². The monoisotopic (exact) mass is 1530 g/mol. The van der Waals surface area contributed by atoms with Gasteiger partial charge in [0, 0.05) is 40.9 Å². The number of phenols is 1. The topological polar surface area (TPSA) is 238 Å². The van der Waals surface area contributed by atoms with Crippen molar-refractivity contribution in [3.63, 3.8) is 0 Å². The number of aliphatic hydroxyl groups is 1. The molecule has 582 valence electrons. The fourth-order valence-electron chi connectivity index (χ4n) is 10.5. The van der Waals surface area contributed by atoms with Crippen molar-refractivity contribution < 1.29 is 100 Å². The second kappa shape index (κ2) is 40.1. The number of aliphatic hydroxyl groups excluding tert-OH is 1. The van der Waals surface area contributed by atoms with Gasteiger partial charge in [0.05, 0.1) is 17.9 Å². The fraction of sp³-hybridized carbons (Fsp3) is 0.512. The van der Waals surface area contributed by atoms with Crippen LogP contribution in [0.3, 0.4) is 0 Å². The third-order valence-electron chi connectivity index (χ3n) is 19.1. The Hall–Kier alpha value is -7.29. The molecule has 2 aliphatic rings. The predicted octanol–water partition coefficient (Wildman–Crippen LogP) is 20.2. The Kier molecular flexibility index (Phi) is 34.4. The van der Waals surface area contributed by atoms with Gasteiger partial charge in [0.25, 0.3) is 0 Å². The number of thiophene rings is 1. The zero-order valence-corrected chi connectivity index (χ0v) is 65.4. The van der Waals surface area contributed by atoms with Crippen LogP contribution >= 0.6 is 10.5 Å². The summed E-state index contributed by atoms with van der Waals surface area (Å²) in [6.45, 7) is 30.9. The molecule has 1 aliphatic carbocycles. The highest BCUT2D eigenvalue weighted by Gasteiger charge is 2.81. The average Bonchev–Trinajstić information content (AvgIpc) is 1.55. The van der Waals surface area contributed by atoms with Crippen molar-refractivity contribution in [1.29, 1.82) is 0 Å². The number of fused-ring (bicyclic) bond motifs is 3. The molecular formula is C80H106F6O16S3. The SMILES string of the molecule is CCC(C)(C)C(=O)OC1CCOC1=O.CCC(C)(C)c1ccc(OS(=O)(=O)C(F)(F)C(F)(F)C(F)(F)S(=O)(=O)[O-])cc1.CCC(C)C(=O)OC1(CC)CCCC1.CCC(C)c1ccc(O)cc1.CCOC(C)Oc1ccc(C(C)CC)cc1.OCCc1ccc(-[s+]2c3ccccc3c3ccccc32)cc1. The smallest absolute Gasteiger partial charge is 0.450 e. The third-order valence-corrected chi connectivity index (χ3v) is 23.6. The summed E-state index contributed by atoms with van der Waals surface area (Å²) < 4.78 is 167. The minimum absolute atomic E-state index is 0.00347. The van der Waals surface area contributed by atoms with Crippen molar-refractivity contribution in [3.05, 3.63) is 168 Å². The first-order chi connectivity index (χ1) is 49.1. The maximum atomic E-state index is 13.7. The first kappa shape index (κ1) is 90.1. The van der Waals surface area contributed by atoms with Crippen molar-refractivity contribution in [2.24, 2.45) is 11.3 Å². The molecule has 25 heteroatoms. The molecule has 0 spiro atoms. The number of phenolic OH excluding ortho intramolecular Hbond substituents is 1. The minimum atomic E-state index is -7.33. The lowest BCUT2D eigenvalue weighted by Crippen LogP contribution is -2.61. The summed E-state index contributed by atoms with van der Waals surface area (Å²) in [5.74, 6) is -6.31. The van der Waals surface area contributed by atoms with Gasteiger partial charge in [-0.1, -0.05) is 149 Å². The summed E-state index contributed by atoms with van der Waals surface area (Å²) in [6, 6.07) is 46.0. The number of cyclic esters (lactones) is 1. The van der Waals surface area contributed by atoms with Crippen molar-refractivity contribution in [1.82, 2.24) is 0 Å². The van der Waals surface area contributed by atoms with E-state index in [1.807, 2.05) is 65.8 Å². The van der Waals surface area contributed by atoms with Crippen LogP contribution in [0.25, 0.3) is 25.1 Å². The average molecular weight is 1530 g/mol. The summed E-state index contributed by atoms with van der Waals surface area (Å²) in [5, 5.41) is 7.13. The zero-order chi connectivity index (χ0) is 78.9. The number of esters is 3. The maximum absolute atomic E-state index is 13.7. The lowest BCUT2D eigenvalue weighted by Gasteiger charge is -2.32. The maximum Gasteiger partial charge on any atom is 0.450 e. The van der Waals surface area contributed by atoms with E-state index in [1.165, 1.54) is 66.7 Å². The van der Waals surface area contributed by atoms with Crippen LogP contribution in [0.4, 0.5) is 26.3 Å². The number of hydrogen-bond acceptors (Lipinski definition) is 16. The molecule has 16 nitrogen and oxygen atoms in total. The molecule has 9 rings (SSSR count). The highest BCUT2D eigenvalue weighted by molar-refractivity contribution is 7.88. The first-order valence-corrected chi connectivity index (χ1v) is 39.7. The largest absolute Gasteiger partial charge is 0.743 e. The van der Waals surface area contributed by atoms with Gasteiger partial charge >= 0.3 is 44.5 Å². The molecule has 0 amide bonds. The van der Waals surface area contributed by atoms with Gasteiger partial charge in [-0.15, -0.1) is 0 Å². The number of benzene rings is 6. The van der Waals surface area contributed by atoms with Crippen LogP contribution in [0.15, 0.2) is 146 Å². The highest BCUT2D eigenvalue weighted by Crippen LogP contribution is 2.52. The zero-order valence-electron chi connectivity index (χ0n) is 63.0. The van der Waals surface area contributed by atoms with E-state index in [0.717, 1.165) is 62.8 Å². The number of aromatic hydroxyl groups is 1. The van der Waals surface area contributed by atoms with Gasteiger partial charge in [-0.05, 0) is 211 Å². The van der Waals surface area contributed by atoms with Crippen molar-refractivity contribution in [2.75, 3.05) is 19.8 Å². The van der Waals surface area contributed by atoms with Gasteiger partial charge in [0.2, 0.25) is 6.10 Å². The predicted molar refractivity (Wildman–Crippen MR) is 400 cm³/mol.